The van der Waals surface area contributed by atoms with Gasteiger partial charge in [0.2, 0.25) is 0 Å². The minimum atomic E-state index is -0.591. The SMILES string of the molecule is COC(=O)COc1ccc(CN2CCC(C)(CN)C2)cc1[N+](=O)[O-]. The van der Waals surface area contributed by atoms with Crippen LogP contribution in [0.15, 0.2) is 18.2 Å². The molecule has 0 amide bonds. The van der Waals surface area contributed by atoms with E-state index < -0.39 is 10.9 Å². The van der Waals surface area contributed by atoms with Crippen LogP contribution in [0.1, 0.15) is 18.9 Å². The predicted molar refractivity (Wildman–Crippen MR) is 87.7 cm³/mol. The molecule has 8 nitrogen and oxygen atoms in total. The highest BCUT2D eigenvalue weighted by Gasteiger charge is 2.32. The molecule has 2 rings (SSSR count). The van der Waals surface area contributed by atoms with Crippen molar-refractivity contribution in [3.63, 3.8) is 0 Å². The number of nitrogens with two attached hydrogens (primary N) is 1. The number of rotatable bonds is 7. The zero-order chi connectivity index (χ0) is 17.7. The number of hydrogen-bond donors (Lipinski definition) is 1. The summed E-state index contributed by atoms with van der Waals surface area (Å²) in [7, 11) is 1.23. The Balaban J connectivity index is 2.08. The van der Waals surface area contributed by atoms with Gasteiger partial charge in [-0.05, 0) is 36.6 Å². The minimum Gasteiger partial charge on any atom is -0.475 e. The molecule has 132 valence electrons. The third-order valence-electron chi connectivity index (χ3n) is 4.33. The summed E-state index contributed by atoms with van der Waals surface area (Å²) >= 11 is 0. The van der Waals surface area contributed by atoms with Gasteiger partial charge in [-0.2, -0.15) is 0 Å². The molecule has 0 aliphatic carbocycles. The number of nitro groups is 1. The van der Waals surface area contributed by atoms with Gasteiger partial charge in [0.15, 0.2) is 12.4 Å². The van der Waals surface area contributed by atoms with Crippen LogP contribution >= 0.6 is 0 Å². The number of benzene rings is 1. The second kappa shape index (κ2) is 7.59. The zero-order valence-electron chi connectivity index (χ0n) is 14.0. The van der Waals surface area contributed by atoms with E-state index in [0.717, 1.165) is 25.1 Å². The largest absolute Gasteiger partial charge is 0.475 e. The zero-order valence-corrected chi connectivity index (χ0v) is 14.0. The summed E-state index contributed by atoms with van der Waals surface area (Å²) in [6.07, 6.45) is 1.02. The fourth-order valence-corrected chi connectivity index (χ4v) is 2.81. The maximum Gasteiger partial charge on any atom is 0.343 e. The summed E-state index contributed by atoms with van der Waals surface area (Å²) in [5.41, 5.74) is 6.58. The Bertz CT molecular complexity index is 622. The van der Waals surface area contributed by atoms with E-state index in [1.807, 2.05) is 0 Å². The molecule has 8 heteroatoms. The predicted octanol–water partition coefficient (Wildman–Crippen LogP) is 1.32. The van der Waals surface area contributed by atoms with E-state index in [1.165, 1.54) is 19.2 Å². The number of nitro benzene ring substituents is 1. The number of ether oxygens (including phenoxy) is 2. The third kappa shape index (κ3) is 4.42. The van der Waals surface area contributed by atoms with Gasteiger partial charge in [-0.1, -0.05) is 13.0 Å². The van der Waals surface area contributed by atoms with Crippen molar-refractivity contribution < 1.29 is 19.2 Å². The van der Waals surface area contributed by atoms with E-state index in [-0.39, 0.29) is 23.5 Å². The lowest BCUT2D eigenvalue weighted by Gasteiger charge is -2.22. The lowest BCUT2D eigenvalue weighted by atomic mass is 9.90. The molecule has 1 aliphatic rings. The van der Waals surface area contributed by atoms with Gasteiger partial charge in [-0.15, -0.1) is 0 Å². The molecule has 0 saturated carbocycles. The van der Waals surface area contributed by atoms with E-state index >= 15 is 0 Å². The van der Waals surface area contributed by atoms with Crippen LogP contribution in [0.5, 0.6) is 5.75 Å². The first-order chi connectivity index (χ1) is 11.4. The topological polar surface area (TPSA) is 108 Å². The Hall–Kier alpha value is -2.19. The average molecular weight is 337 g/mol. The standard InChI is InChI=1S/C16H23N3O5/c1-16(10-17)5-6-18(11-16)8-12-3-4-14(13(7-12)19(21)22)24-9-15(20)23-2/h3-4,7H,5-6,8-11,17H2,1-2H3. The number of hydrogen-bond acceptors (Lipinski definition) is 7. The summed E-state index contributed by atoms with van der Waals surface area (Å²) < 4.78 is 9.64. The van der Waals surface area contributed by atoms with Gasteiger partial charge < -0.3 is 15.2 Å². The second-order valence-corrected chi connectivity index (χ2v) is 6.40. The van der Waals surface area contributed by atoms with Gasteiger partial charge in [-0.25, -0.2) is 4.79 Å². The average Bonchev–Trinajstić information content (AvgIpc) is 2.94. The molecule has 2 N–H and O–H groups in total. The lowest BCUT2D eigenvalue weighted by molar-refractivity contribution is -0.385. The van der Waals surface area contributed by atoms with E-state index in [4.69, 9.17) is 10.5 Å². The maximum atomic E-state index is 11.3. The monoisotopic (exact) mass is 337 g/mol. The van der Waals surface area contributed by atoms with Crippen molar-refractivity contribution in [3.05, 3.63) is 33.9 Å². The molecule has 1 heterocycles. The molecule has 1 aliphatic heterocycles. The summed E-state index contributed by atoms with van der Waals surface area (Å²) in [5.74, 6) is -0.533. The molecule has 1 saturated heterocycles. The lowest BCUT2D eigenvalue weighted by Crippen LogP contribution is -2.31. The van der Waals surface area contributed by atoms with E-state index in [9.17, 15) is 14.9 Å². The van der Waals surface area contributed by atoms with Crippen molar-refractivity contribution in [2.75, 3.05) is 33.4 Å². The van der Waals surface area contributed by atoms with Crippen LogP contribution in [0.25, 0.3) is 0 Å². The molecule has 1 unspecified atom stereocenters. The number of methoxy groups -OCH3 is 1. The fourth-order valence-electron chi connectivity index (χ4n) is 2.81. The second-order valence-electron chi connectivity index (χ2n) is 6.40. The molecule has 1 aromatic rings. The highest BCUT2D eigenvalue weighted by atomic mass is 16.6. The van der Waals surface area contributed by atoms with Crippen LogP contribution in [0.3, 0.4) is 0 Å². The van der Waals surface area contributed by atoms with E-state index in [2.05, 4.69) is 16.6 Å². The Morgan fingerprint density at radius 2 is 2.25 bits per heavy atom. The molecule has 1 atom stereocenters. The number of esters is 1. The van der Waals surface area contributed by atoms with E-state index in [0.29, 0.717) is 13.1 Å². The van der Waals surface area contributed by atoms with Crippen LogP contribution in [0.2, 0.25) is 0 Å². The van der Waals surface area contributed by atoms with Crippen molar-refractivity contribution in [1.82, 2.24) is 4.90 Å². The number of nitrogens with zero attached hydrogens (tertiary/aromatic N) is 2. The first-order valence-corrected chi connectivity index (χ1v) is 7.76. The van der Waals surface area contributed by atoms with Crippen molar-refractivity contribution in [2.24, 2.45) is 11.1 Å². The first-order valence-electron chi connectivity index (χ1n) is 7.76. The van der Waals surface area contributed by atoms with Crippen molar-refractivity contribution in [3.8, 4) is 5.75 Å². The van der Waals surface area contributed by atoms with Crippen molar-refractivity contribution in [1.29, 1.82) is 0 Å². The molecule has 24 heavy (non-hydrogen) atoms. The summed E-state index contributed by atoms with van der Waals surface area (Å²) in [4.78, 5) is 24.1. The third-order valence-corrected chi connectivity index (χ3v) is 4.33. The molecule has 0 bridgehead atoms. The van der Waals surface area contributed by atoms with Gasteiger partial charge in [0, 0.05) is 19.2 Å². The summed E-state index contributed by atoms with van der Waals surface area (Å²) in [5, 5.41) is 11.3. The van der Waals surface area contributed by atoms with Gasteiger partial charge in [-0.3, -0.25) is 15.0 Å². The Labute approximate surface area is 140 Å². The molecule has 0 spiro atoms. The van der Waals surface area contributed by atoms with Crippen LogP contribution in [0.4, 0.5) is 5.69 Å². The molecule has 1 aromatic carbocycles. The first kappa shape index (κ1) is 18.2. The minimum absolute atomic E-state index is 0.0577. The number of likely N-dealkylation sites (tertiary alicyclic amines) is 1. The van der Waals surface area contributed by atoms with Gasteiger partial charge in [0.05, 0.1) is 12.0 Å². The van der Waals surface area contributed by atoms with Crippen LogP contribution in [0, 0.1) is 15.5 Å². The van der Waals surface area contributed by atoms with Gasteiger partial charge in [0.25, 0.3) is 0 Å². The van der Waals surface area contributed by atoms with Crippen LogP contribution in [-0.2, 0) is 16.1 Å². The number of carbonyl (C=O) groups excluding carboxylic acids is 1. The fraction of sp³-hybridized carbons (Fsp3) is 0.562. The highest BCUT2D eigenvalue weighted by molar-refractivity contribution is 5.71. The Morgan fingerprint density at radius 1 is 1.50 bits per heavy atom. The highest BCUT2D eigenvalue weighted by Crippen LogP contribution is 2.32. The summed E-state index contributed by atoms with van der Waals surface area (Å²) in [6.45, 7) is 4.83. The number of carbonyl (C=O) groups is 1. The van der Waals surface area contributed by atoms with Crippen LogP contribution in [-0.4, -0.2) is 49.1 Å². The smallest absolute Gasteiger partial charge is 0.343 e. The molecule has 0 aromatic heterocycles. The molecular weight excluding hydrogens is 314 g/mol. The quantitative estimate of drug-likeness (QED) is 0.454. The maximum absolute atomic E-state index is 11.3. The van der Waals surface area contributed by atoms with Crippen LogP contribution < -0.4 is 10.5 Å². The van der Waals surface area contributed by atoms with Gasteiger partial charge >= 0.3 is 11.7 Å². The van der Waals surface area contributed by atoms with Crippen molar-refractivity contribution in [2.45, 2.75) is 19.9 Å². The molecule has 1 fully saturated rings. The molecular formula is C16H23N3O5. The normalized spacial score (nSPS) is 20.8. The molecule has 0 radical (unpaired) electrons. The van der Waals surface area contributed by atoms with Gasteiger partial charge in [0.1, 0.15) is 0 Å². The van der Waals surface area contributed by atoms with E-state index in [1.54, 1.807) is 6.07 Å². The Morgan fingerprint density at radius 3 is 2.83 bits per heavy atom. The van der Waals surface area contributed by atoms with Crippen molar-refractivity contribution >= 4 is 11.7 Å². The summed E-state index contributed by atoms with van der Waals surface area (Å²) in [6, 6.07) is 4.79. The Kier molecular flexibility index (Phi) is 5.74.